The van der Waals surface area contributed by atoms with Crippen LogP contribution in [0.1, 0.15) is 91.9 Å². The van der Waals surface area contributed by atoms with Crippen LogP contribution in [0.3, 0.4) is 0 Å². The average Bonchev–Trinajstić information content (AvgIpc) is 3.25. The summed E-state index contributed by atoms with van der Waals surface area (Å²) in [6.07, 6.45) is -6.82. The Hall–Kier alpha value is -1.83. The van der Waals surface area contributed by atoms with E-state index in [0.29, 0.717) is 17.9 Å². The molecule has 0 saturated heterocycles. The van der Waals surface area contributed by atoms with Crippen molar-refractivity contribution in [1.29, 1.82) is 0 Å². The molecule has 7 atom stereocenters. The minimum Gasteiger partial charge on any atom is -0.390 e. The second-order valence-electron chi connectivity index (χ2n) is 13.8. The molecule has 0 radical (unpaired) electrons. The Morgan fingerprint density at radius 2 is 1.70 bits per heavy atom. The van der Waals surface area contributed by atoms with Gasteiger partial charge in [0.1, 0.15) is 6.10 Å². The second-order valence-corrected chi connectivity index (χ2v) is 13.8. The molecule has 43 heavy (non-hydrogen) atoms. The fraction of sp³-hybridized carbons (Fsp3) is 0.758. The summed E-state index contributed by atoms with van der Waals surface area (Å²) in [4.78, 5) is 0. The third kappa shape index (κ3) is 7.20. The van der Waals surface area contributed by atoms with Crippen molar-refractivity contribution >= 4 is 0 Å². The Morgan fingerprint density at radius 1 is 1.07 bits per heavy atom. The van der Waals surface area contributed by atoms with Crippen LogP contribution in [0.5, 0.6) is 0 Å². The molecule has 0 aromatic carbocycles. The molecule has 0 spiro atoms. The van der Waals surface area contributed by atoms with E-state index >= 15 is 0 Å². The van der Waals surface area contributed by atoms with Crippen molar-refractivity contribution in [2.75, 3.05) is 0 Å². The highest BCUT2D eigenvalue weighted by atomic mass is 19.4. The van der Waals surface area contributed by atoms with E-state index in [1.165, 1.54) is 5.92 Å². The molecule has 0 heterocycles. The van der Waals surface area contributed by atoms with Crippen molar-refractivity contribution in [3.8, 4) is 11.8 Å². The number of aliphatic hydroxyl groups excluding tert-OH is 2. The van der Waals surface area contributed by atoms with Gasteiger partial charge in [-0.15, -0.1) is 0 Å². The molecule has 3 fully saturated rings. The summed E-state index contributed by atoms with van der Waals surface area (Å²) in [5, 5.41) is 29.5. The van der Waals surface area contributed by atoms with Crippen LogP contribution in [-0.4, -0.2) is 51.7 Å². The molecule has 3 aliphatic rings. The van der Waals surface area contributed by atoms with Crippen LogP contribution in [0.15, 0.2) is 35.5 Å². The van der Waals surface area contributed by atoms with Crippen molar-refractivity contribution in [3.63, 3.8) is 0 Å². The molecule has 1 unspecified atom stereocenters. The highest BCUT2D eigenvalue weighted by molar-refractivity contribution is 5.40. The van der Waals surface area contributed by atoms with Crippen molar-refractivity contribution in [1.82, 2.24) is 0 Å². The number of alkyl halides is 7. The molecule has 0 bridgehead atoms. The zero-order valence-corrected chi connectivity index (χ0v) is 25.4. The van der Waals surface area contributed by atoms with E-state index < -0.39 is 41.7 Å². The quantitative estimate of drug-likeness (QED) is 0.198. The van der Waals surface area contributed by atoms with Gasteiger partial charge in [-0.3, -0.25) is 0 Å². The van der Waals surface area contributed by atoms with Crippen molar-refractivity contribution in [2.45, 2.75) is 128 Å². The van der Waals surface area contributed by atoms with Crippen molar-refractivity contribution in [3.05, 3.63) is 35.5 Å². The average molecular weight is 623 g/mol. The standard InChI is InChI=1S/C33H45F7O3/c1-20(2)9-6-15-29(4,16-8-18-31(43,32(35,36)37)33(38,39)40)26-14-13-24-22(10-7-17-30(24,26)5)11-12-23-19-25(41)28(42)27(34)21(23)3/h11-12,20,24-28,41-43H,3,6-7,9-10,13-17,19H2,1-2,4-5H3/b22-11?,23-12-/t24?,25-,26-,27+,28+,29+,30+/m1/s1. The molecule has 3 saturated carbocycles. The lowest BCUT2D eigenvalue weighted by molar-refractivity contribution is -0.343. The van der Waals surface area contributed by atoms with E-state index in [9.17, 15) is 46.1 Å². The first kappa shape index (κ1) is 35.6. The Morgan fingerprint density at radius 3 is 2.28 bits per heavy atom. The number of allylic oxidation sites excluding steroid dienone is 3. The van der Waals surface area contributed by atoms with E-state index in [1.807, 2.05) is 13.0 Å². The van der Waals surface area contributed by atoms with Gasteiger partial charge in [0.2, 0.25) is 0 Å². The lowest BCUT2D eigenvalue weighted by atomic mass is 9.55. The summed E-state index contributed by atoms with van der Waals surface area (Å²) in [6.45, 7) is 11.9. The Labute approximate surface area is 250 Å². The first-order chi connectivity index (χ1) is 19.7. The van der Waals surface area contributed by atoms with Gasteiger partial charge in [-0.2, -0.15) is 26.3 Å². The van der Waals surface area contributed by atoms with E-state index in [0.717, 1.165) is 50.5 Å². The maximum atomic E-state index is 14.4. The van der Waals surface area contributed by atoms with Crippen LogP contribution in [0.2, 0.25) is 0 Å². The predicted octanol–water partition coefficient (Wildman–Crippen LogP) is 8.16. The van der Waals surface area contributed by atoms with Crippen LogP contribution in [-0.2, 0) is 0 Å². The van der Waals surface area contributed by atoms with Gasteiger partial charge in [0.25, 0.3) is 0 Å². The Balaban J connectivity index is 1.94. The number of fused-ring (bicyclic) bond motifs is 1. The van der Waals surface area contributed by atoms with Crippen LogP contribution in [0.25, 0.3) is 0 Å². The molecule has 0 amide bonds. The van der Waals surface area contributed by atoms with Gasteiger partial charge < -0.3 is 15.3 Å². The number of rotatable bonds is 7. The lowest BCUT2D eigenvalue weighted by Gasteiger charge is -2.49. The molecule has 3 aliphatic carbocycles. The van der Waals surface area contributed by atoms with Crippen LogP contribution >= 0.6 is 0 Å². The van der Waals surface area contributed by atoms with Gasteiger partial charge in [0.15, 0.2) is 6.17 Å². The van der Waals surface area contributed by atoms with E-state index in [2.05, 4.69) is 33.3 Å². The fourth-order valence-electron chi connectivity index (χ4n) is 7.80. The summed E-state index contributed by atoms with van der Waals surface area (Å²) in [6, 6.07) is 0. The maximum Gasteiger partial charge on any atom is 0.438 e. The maximum absolute atomic E-state index is 14.4. The van der Waals surface area contributed by atoms with Crippen LogP contribution in [0, 0.1) is 40.4 Å². The second kappa shape index (κ2) is 12.9. The Kier molecular flexibility index (Phi) is 10.7. The van der Waals surface area contributed by atoms with Crippen LogP contribution in [0.4, 0.5) is 30.7 Å². The minimum atomic E-state index is -5.99. The van der Waals surface area contributed by atoms with Crippen LogP contribution < -0.4 is 0 Å². The molecule has 0 aromatic heterocycles. The topological polar surface area (TPSA) is 60.7 Å². The lowest BCUT2D eigenvalue weighted by Crippen LogP contribution is -2.55. The van der Waals surface area contributed by atoms with E-state index in [1.54, 1.807) is 6.08 Å². The normalized spacial score (nSPS) is 33.8. The molecular formula is C33H45F7O3. The molecule has 3 rings (SSSR count). The smallest absolute Gasteiger partial charge is 0.390 e. The van der Waals surface area contributed by atoms with Crippen molar-refractivity contribution in [2.24, 2.45) is 28.6 Å². The summed E-state index contributed by atoms with van der Waals surface area (Å²) in [5.74, 6) is 3.77. The number of halogens is 7. The monoisotopic (exact) mass is 622 g/mol. The summed E-state index contributed by atoms with van der Waals surface area (Å²) in [7, 11) is 0. The van der Waals surface area contributed by atoms with Gasteiger partial charge >= 0.3 is 18.0 Å². The van der Waals surface area contributed by atoms with Gasteiger partial charge in [-0.05, 0) is 84.2 Å². The number of aliphatic hydroxyl groups is 3. The summed E-state index contributed by atoms with van der Waals surface area (Å²) < 4.78 is 94.2. The number of hydrogen-bond donors (Lipinski definition) is 3. The highest BCUT2D eigenvalue weighted by Gasteiger charge is 2.70. The van der Waals surface area contributed by atoms with Gasteiger partial charge in [0.05, 0.1) is 6.10 Å². The minimum absolute atomic E-state index is 0.0375. The molecule has 10 heteroatoms. The van der Waals surface area contributed by atoms with Crippen molar-refractivity contribution < 1.29 is 46.1 Å². The SMILES string of the molecule is C=C1/C(=C\C=C2CCC[C@@]3(C)C2CC[C@@H]3[C@](C)(CC#CC(O)(C(F)(F)F)C(F)(F)F)CCCC(C)C)C[C@@H](O)[C@H](O)[C@H]1F. The molecular weight excluding hydrogens is 577 g/mol. The summed E-state index contributed by atoms with van der Waals surface area (Å²) in [5.41, 5.74) is -4.29. The van der Waals surface area contributed by atoms with Gasteiger partial charge in [0, 0.05) is 12.8 Å². The van der Waals surface area contributed by atoms with Gasteiger partial charge in [-0.25, -0.2) is 4.39 Å². The van der Waals surface area contributed by atoms with E-state index in [4.69, 9.17) is 0 Å². The Bertz CT molecular complexity index is 1130. The fourth-order valence-corrected chi connectivity index (χ4v) is 7.80. The first-order valence-corrected chi connectivity index (χ1v) is 15.1. The van der Waals surface area contributed by atoms with Gasteiger partial charge in [-0.1, -0.05) is 70.8 Å². The third-order valence-electron chi connectivity index (χ3n) is 10.3. The highest BCUT2D eigenvalue weighted by Crippen LogP contribution is 2.63. The molecule has 0 aromatic rings. The molecule has 3 N–H and O–H groups in total. The third-order valence-corrected chi connectivity index (χ3v) is 10.3. The zero-order chi connectivity index (χ0) is 32.6. The molecule has 244 valence electrons. The molecule has 3 nitrogen and oxygen atoms in total. The first-order valence-electron chi connectivity index (χ1n) is 15.1. The number of hydrogen-bond acceptors (Lipinski definition) is 3. The predicted molar refractivity (Wildman–Crippen MR) is 151 cm³/mol. The summed E-state index contributed by atoms with van der Waals surface area (Å²) >= 11 is 0. The molecule has 0 aliphatic heterocycles. The largest absolute Gasteiger partial charge is 0.438 e. The van der Waals surface area contributed by atoms with E-state index in [-0.39, 0.29) is 35.7 Å². The zero-order valence-electron chi connectivity index (χ0n) is 25.4.